The van der Waals surface area contributed by atoms with E-state index in [1.807, 2.05) is 0 Å². The number of halogens is 3. The summed E-state index contributed by atoms with van der Waals surface area (Å²) in [6.07, 6.45) is 1.61. The maximum absolute atomic E-state index is 13.2. The highest BCUT2D eigenvalue weighted by Gasteiger charge is 2.17. The molecular weight excluding hydrogens is 328 g/mol. The first-order valence-electron chi connectivity index (χ1n) is 6.36. The normalized spacial score (nSPS) is 10.9. The SMILES string of the molecule is Cc1nc2ccc(Cl)cn2c1C(=O)Nc1ccc(F)c(Cl)c1. The zero-order chi connectivity index (χ0) is 15.9. The summed E-state index contributed by atoms with van der Waals surface area (Å²) in [6.45, 7) is 1.73. The summed E-state index contributed by atoms with van der Waals surface area (Å²) in [7, 11) is 0. The fourth-order valence-corrected chi connectivity index (χ4v) is 2.52. The van der Waals surface area contributed by atoms with Crippen LogP contribution in [0.4, 0.5) is 10.1 Å². The lowest BCUT2D eigenvalue weighted by molar-refractivity contribution is 0.102. The van der Waals surface area contributed by atoms with Crippen LogP contribution in [0.25, 0.3) is 5.65 Å². The highest BCUT2D eigenvalue weighted by molar-refractivity contribution is 6.31. The largest absolute Gasteiger partial charge is 0.321 e. The Morgan fingerprint density at radius 2 is 2.05 bits per heavy atom. The van der Waals surface area contributed by atoms with E-state index in [1.165, 1.54) is 18.2 Å². The second-order valence-electron chi connectivity index (χ2n) is 4.70. The molecule has 0 radical (unpaired) electrons. The first kappa shape index (κ1) is 14.8. The van der Waals surface area contributed by atoms with Crippen molar-refractivity contribution < 1.29 is 9.18 Å². The molecule has 3 aromatic rings. The predicted molar refractivity (Wildman–Crippen MR) is 84.3 cm³/mol. The van der Waals surface area contributed by atoms with Crippen LogP contribution in [0.1, 0.15) is 16.2 Å². The molecule has 0 bridgehead atoms. The minimum absolute atomic E-state index is 0.0595. The zero-order valence-electron chi connectivity index (χ0n) is 11.4. The summed E-state index contributed by atoms with van der Waals surface area (Å²) in [5.41, 5.74) is 1.93. The second kappa shape index (κ2) is 5.59. The second-order valence-corrected chi connectivity index (χ2v) is 5.55. The van der Waals surface area contributed by atoms with Crippen molar-refractivity contribution in [3.63, 3.8) is 0 Å². The van der Waals surface area contributed by atoms with Gasteiger partial charge in [-0.05, 0) is 37.3 Å². The lowest BCUT2D eigenvalue weighted by Crippen LogP contribution is -2.15. The Labute approximate surface area is 135 Å². The molecule has 1 N–H and O–H groups in total. The molecular formula is C15H10Cl2FN3O. The van der Waals surface area contributed by atoms with Crippen LogP contribution in [0.5, 0.6) is 0 Å². The van der Waals surface area contributed by atoms with Crippen molar-refractivity contribution in [2.45, 2.75) is 6.92 Å². The van der Waals surface area contributed by atoms with Crippen LogP contribution in [-0.2, 0) is 0 Å². The van der Waals surface area contributed by atoms with Crippen LogP contribution >= 0.6 is 23.2 Å². The molecule has 0 aliphatic heterocycles. The van der Waals surface area contributed by atoms with Gasteiger partial charge in [0.2, 0.25) is 0 Å². The third kappa shape index (κ3) is 2.65. The number of nitrogens with one attached hydrogen (secondary N) is 1. The van der Waals surface area contributed by atoms with Crippen molar-refractivity contribution in [2.24, 2.45) is 0 Å². The van der Waals surface area contributed by atoms with E-state index in [9.17, 15) is 9.18 Å². The number of nitrogens with zero attached hydrogens (tertiary/aromatic N) is 2. The predicted octanol–water partition coefficient (Wildman–Crippen LogP) is 4.34. The van der Waals surface area contributed by atoms with Gasteiger partial charge in [-0.3, -0.25) is 9.20 Å². The van der Waals surface area contributed by atoms with E-state index in [0.717, 1.165) is 0 Å². The molecule has 2 aromatic heterocycles. The van der Waals surface area contributed by atoms with E-state index >= 15 is 0 Å². The first-order chi connectivity index (χ1) is 10.5. The van der Waals surface area contributed by atoms with Crippen LogP contribution in [0.2, 0.25) is 10.0 Å². The molecule has 0 saturated carbocycles. The summed E-state index contributed by atoms with van der Waals surface area (Å²) in [5.74, 6) is -0.924. The first-order valence-corrected chi connectivity index (χ1v) is 7.12. The highest BCUT2D eigenvalue weighted by atomic mass is 35.5. The number of imidazole rings is 1. The van der Waals surface area contributed by atoms with Crippen molar-refractivity contribution in [3.05, 3.63) is 63.8 Å². The Morgan fingerprint density at radius 3 is 2.77 bits per heavy atom. The standard InChI is InChI=1S/C15H10Cl2FN3O/c1-8-14(21-7-9(16)2-5-13(21)19-8)15(22)20-10-3-4-12(18)11(17)6-10/h2-7H,1H3,(H,20,22). The number of amides is 1. The number of hydrogen-bond acceptors (Lipinski definition) is 2. The van der Waals surface area contributed by atoms with Gasteiger partial charge in [0.05, 0.1) is 15.7 Å². The quantitative estimate of drug-likeness (QED) is 0.755. The number of benzene rings is 1. The van der Waals surface area contributed by atoms with E-state index in [-0.39, 0.29) is 10.9 Å². The van der Waals surface area contributed by atoms with E-state index in [1.54, 1.807) is 29.7 Å². The molecule has 7 heteroatoms. The number of pyridine rings is 1. The smallest absolute Gasteiger partial charge is 0.274 e. The van der Waals surface area contributed by atoms with Gasteiger partial charge in [0.15, 0.2) is 0 Å². The van der Waals surface area contributed by atoms with E-state index < -0.39 is 5.82 Å². The Morgan fingerprint density at radius 1 is 1.27 bits per heavy atom. The number of fused-ring (bicyclic) bond motifs is 1. The molecule has 1 amide bonds. The molecule has 0 saturated heterocycles. The van der Waals surface area contributed by atoms with Gasteiger partial charge in [0.1, 0.15) is 17.2 Å². The number of rotatable bonds is 2. The van der Waals surface area contributed by atoms with E-state index in [4.69, 9.17) is 23.2 Å². The van der Waals surface area contributed by atoms with Crippen molar-refractivity contribution >= 4 is 40.4 Å². The van der Waals surface area contributed by atoms with E-state index in [0.29, 0.717) is 27.7 Å². The molecule has 2 heterocycles. The Hall–Kier alpha value is -2.11. The van der Waals surface area contributed by atoms with Gasteiger partial charge in [-0.25, -0.2) is 9.37 Å². The third-order valence-corrected chi connectivity index (χ3v) is 3.66. The fraction of sp³-hybridized carbons (Fsp3) is 0.0667. The molecule has 0 atom stereocenters. The molecule has 0 aliphatic rings. The summed E-state index contributed by atoms with van der Waals surface area (Å²) in [4.78, 5) is 16.8. The van der Waals surface area contributed by atoms with Crippen molar-refractivity contribution in [1.29, 1.82) is 0 Å². The maximum Gasteiger partial charge on any atom is 0.274 e. The molecule has 0 unspecified atom stereocenters. The summed E-state index contributed by atoms with van der Waals surface area (Å²) < 4.78 is 14.8. The molecule has 3 rings (SSSR count). The van der Waals surface area contributed by atoms with Gasteiger partial charge in [-0.1, -0.05) is 23.2 Å². The summed E-state index contributed by atoms with van der Waals surface area (Å²) in [6, 6.07) is 7.40. The molecule has 112 valence electrons. The van der Waals surface area contributed by atoms with Gasteiger partial charge in [0, 0.05) is 11.9 Å². The van der Waals surface area contributed by atoms with Crippen LogP contribution in [0.15, 0.2) is 36.5 Å². The number of carbonyl (C=O) groups excluding carboxylic acids is 1. The van der Waals surface area contributed by atoms with Gasteiger partial charge in [-0.15, -0.1) is 0 Å². The van der Waals surface area contributed by atoms with Crippen molar-refractivity contribution in [1.82, 2.24) is 9.38 Å². The zero-order valence-corrected chi connectivity index (χ0v) is 12.9. The topological polar surface area (TPSA) is 46.4 Å². The molecule has 0 fully saturated rings. The van der Waals surface area contributed by atoms with Crippen LogP contribution in [0.3, 0.4) is 0 Å². The minimum atomic E-state index is -0.544. The summed E-state index contributed by atoms with van der Waals surface area (Å²) in [5, 5.41) is 3.10. The average Bonchev–Trinajstić information content (AvgIpc) is 2.78. The number of aryl methyl sites for hydroxylation is 1. The number of hydrogen-bond donors (Lipinski definition) is 1. The van der Waals surface area contributed by atoms with Crippen molar-refractivity contribution in [2.75, 3.05) is 5.32 Å². The number of carbonyl (C=O) groups is 1. The molecule has 4 nitrogen and oxygen atoms in total. The molecule has 0 spiro atoms. The van der Waals surface area contributed by atoms with Gasteiger partial charge in [0.25, 0.3) is 5.91 Å². The summed E-state index contributed by atoms with van der Waals surface area (Å²) >= 11 is 11.7. The highest BCUT2D eigenvalue weighted by Crippen LogP contribution is 2.21. The Bertz CT molecular complexity index is 892. The van der Waals surface area contributed by atoms with Crippen LogP contribution in [-0.4, -0.2) is 15.3 Å². The molecule has 22 heavy (non-hydrogen) atoms. The number of anilines is 1. The average molecular weight is 338 g/mol. The molecule has 1 aromatic carbocycles. The minimum Gasteiger partial charge on any atom is -0.321 e. The van der Waals surface area contributed by atoms with Crippen LogP contribution < -0.4 is 5.32 Å². The maximum atomic E-state index is 13.2. The van der Waals surface area contributed by atoms with Gasteiger partial charge < -0.3 is 5.32 Å². The number of aromatic nitrogens is 2. The third-order valence-electron chi connectivity index (χ3n) is 3.15. The molecule has 0 aliphatic carbocycles. The van der Waals surface area contributed by atoms with Gasteiger partial charge >= 0.3 is 0 Å². The van der Waals surface area contributed by atoms with Crippen LogP contribution in [0, 0.1) is 12.7 Å². The Kier molecular flexibility index (Phi) is 3.76. The van der Waals surface area contributed by atoms with Crippen molar-refractivity contribution in [3.8, 4) is 0 Å². The Balaban J connectivity index is 2.00. The lowest BCUT2D eigenvalue weighted by atomic mass is 10.2. The van der Waals surface area contributed by atoms with Gasteiger partial charge in [-0.2, -0.15) is 0 Å². The fourth-order valence-electron chi connectivity index (χ4n) is 2.17. The monoisotopic (exact) mass is 337 g/mol. The van der Waals surface area contributed by atoms with E-state index in [2.05, 4.69) is 10.3 Å². The lowest BCUT2D eigenvalue weighted by Gasteiger charge is -2.07.